The summed E-state index contributed by atoms with van der Waals surface area (Å²) in [5, 5.41) is 0. The van der Waals surface area contributed by atoms with Crippen LogP contribution in [0.25, 0.3) is 0 Å². The maximum atomic E-state index is 11.8. The Bertz CT molecular complexity index is 741. The summed E-state index contributed by atoms with van der Waals surface area (Å²) in [6.45, 7) is 3.33. The van der Waals surface area contributed by atoms with E-state index < -0.39 is 5.97 Å². The van der Waals surface area contributed by atoms with Crippen LogP contribution in [-0.2, 0) is 4.74 Å². The summed E-state index contributed by atoms with van der Waals surface area (Å²) in [5.41, 5.74) is 1.57. The first-order chi connectivity index (χ1) is 13.2. The number of methoxy groups -OCH3 is 2. The molecule has 1 heterocycles. The van der Waals surface area contributed by atoms with E-state index in [9.17, 15) is 4.79 Å². The number of likely N-dealkylation sites (tertiary alicyclic amines) is 1. The summed E-state index contributed by atoms with van der Waals surface area (Å²) in [5.74, 6) is 0.758. The van der Waals surface area contributed by atoms with E-state index in [0.717, 1.165) is 18.5 Å². The van der Waals surface area contributed by atoms with Gasteiger partial charge in [-0.1, -0.05) is 30.3 Å². The molecule has 1 aliphatic heterocycles. The summed E-state index contributed by atoms with van der Waals surface area (Å²) < 4.78 is 16.6. The number of carbonyl (C=O) groups is 1. The first-order valence-electron chi connectivity index (χ1n) is 9.41. The highest BCUT2D eigenvalue weighted by atomic mass is 16.5. The van der Waals surface area contributed by atoms with Crippen molar-refractivity contribution >= 4 is 5.97 Å². The highest BCUT2D eigenvalue weighted by molar-refractivity contribution is 5.90. The molecular weight excluding hydrogens is 342 g/mol. The van der Waals surface area contributed by atoms with Gasteiger partial charge in [-0.15, -0.1) is 0 Å². The third-order valence-electron chi connectivity index (χ3n) is 4.93. The molecule has 1 fully saturated rings. The van der Waals surface area contributed by atoms with Crippen LogP contribution in [0.1, 0.15) is 41.3 Å². The molecule has 0 amide bonds. The molecule has 2 aromatic rings. The van der Waals surface area contributed by atoms with Crippen molar-refractivity contribution in [2.45, 2.75) is 25.4 Å². The number of benzene rings is 2. The van der Waals surface area contributed by atoms with Gasteiger partial charge in [-0.25, -0.2) is 4.79 Å². The predicted molar refractivity (Wildman–Crippen MR) is 104 cm³/mol. The Morgan fingerprint density at radius 1 is 1.04 bits per heavy atom. The number of esters is 1. The molecule has 1 saturated heterocycles. The Labute approximate surface area is 160 Å². The Balaban J connectivity index is 1.79. The van der Waals surface area contributed by atoms with Gasteiger partial charge < -0.3 is 19.1 Å². The number of hydrogen-bond acceptors (Lipinski definition) is 5. The largest absolute Gasteiger partial charge is 0.493 e. The molecule has 0 aromatic heterocycles. The molecule has 1 atom stereocenters. The van der Waals surface area contributed by atoms with E-state index in [4.69, 9.17) is 14.2 Å². The quantitative estimate of drug-likeness (QED) is 0.656. The number of ether oxygens (including phenoxy) is 3. The second-order valence-corrected chi connectivity index (χ2v) is 6.71. The van der Waals surface area contributed by atoms with Crippen LogP contribution in [0, 0.1) is 0 Å². The summed E-state index contributed by atoms with van der Waals surface area (Å²) in [6.07, 6.45) is 3.37. The van der Waals surface area contributed by atoms with Gasteiger partial charge in [0.05, 0.1) is 19.8 Å². The fourth-order valence-electron chi connectivity index (χ4n) is 3.43. The van der Waals surface area contributed by atoms with Gasteiger partial charge in [0.2, 0.25) is 0 Å². The van der Waals surface area contributed by atoms with Crippen molar-refractivity contribution in [1.29, 1.82) is 0 Å². The first-order valence-corrected chi connectivity index (χ1v) is 9.41. The molecule has 2 aromatic carbocycles. The lowest BCUT2D eigenvalue weighted by molar-refractivity contribution is 0.0600. The lowest BCUT2D eigenvalue weighted by Gasteiger charge is -2.24. The molecule has 0 bridgehead atoms. The lowest BCUT2D eigenvalue weighted by atomic mass is 10.1. The standard InChI is InChI=1S/C22H27NO4/c1-25-21-16-18(22(24)26-2)10-11-20(21)27-19(17-8-4-3-5-9-17)12-15-23-13-6-7-14-23/h3-5,8-11,16,19H,6-7,12-15H2,1-2H3. The third kappa shape index (κ3) is 5.01. The molecule has 0 saturated carbocycles. The fourth-order valence-corrected chi connectivity index (χ4v) is 3.43. The van der Waals surface area contributed by atoms with Crippen LogP contribution < -0.4 is 9.47 Å². The maximum Gasteiger partial charge on any atom is 0.337 e. The van der Waals surface area contributed by atoms with E-state index in [1.807, 2.05) is 18.2 Å². The second kappa shape index (κ2) is 9.42. The van der Waals surface area contributed by atoms with E-state index in [-0.39, 0.29) is 6.10 Å². The van der Waals surface area contributed by atoms with Crippen molar-refractivity contribution in [3.05, 3.63) is 59.7 Å². The van der Waals surface area contributed by atoms with E-state index in [0.29, 0.717) is 17.1 Å². The zero-order valence-corrected chi connectivity index (χ0v) is 16.0. The number of hydrogen-bond donors (Lipinski definition) is 0. The van der Waals surface area contributed by atoms with Crippen LogP contribution in [0.5, 0.6) is 11.5 Å². The van der Waals surface area contributed by atoms with Crippen LogP contribution in [0.3, 0.4) is 0 Å². The smallest absolute Gasteiger partial charge is 0.337 e. The molecular formula is C22H27NO4. The SMILES string of the molecule is COC(=O)c1ccc(OC(CCN2CCCC2)c2ccccc2)c(OC)c1. The average Bonchev–Trinajstić information content (AvgIpc) is 3.24. The summed E-state index contributed by atoms with van der Waals surface area (Å²) in [4.78, 5) is 14.2. The number of carbonyl (C=O) groups excluding carboxylic acids is 1. The molecule has 0 N–H and O–H groups in total. The van der Waals surface area contributed by atoms with Gasteiger partial charge in [0.1, 0.15) is 6.10 Å². The Kier molecular flexibility index (Phi) is 6.71. The van der Waals surface area contributed by atoms with Crippen molar-refractivity contribution < 1.29 is 19.0 Å². The molecule has 0 spiro atoms. The van der Waals surface area contributed by atoms with Crippen molar-refractivity contribution in [3.63, 3.8) is 0 Å². The highest BCUT2D eigenvalue weighted by Gasteiger charge is 2.20. The van der Waals surface area contributed by atoms with E-state index in [2.05, 4.69) is 17.0 Å². The van der Waals surface area contributed by atoms with Gasteiger partial charge in [-0.05, 0) is 49.7 Å². The van der Waals surface area contributed by atoms with E-state index in [1.54, 1.807) is 25.3 Å². The van der Waals surface area contributed by atoms with Gasteiger partial charge >= 0.3 is 5.97 Å². The first kappa shape index (κ1) is 19.2. The van der Waals surface area contributed by atoms with Gasteiger partial charge in [-0.2, -0.15) is 0 Å². The third-order valence-corrected chi connectivity index (χ3v) is 4.93. The number of nitrogens with zero attached hydrogens (tertiary/aromatic N) is 1. The molecule has 0 radical (unpaired) electrons. The van der Waals surface area contributed by atoms with Crippen molar-refractivity contribution in [1.82, 2.24) is 4.90 Å². The molecule has 144 valence electrons. The van der Waals surface area contributed by atoms with Crippen molar-refractivity contribution in [2.24, 2.45) is 0 Å². The van der Waals surface area contributed by atoms with Crippen LogP contribution in [0.2, 0.25) is 0 Å². The van der Waals surface area contributed by atoms with Crippen LogP contribution >= 0.6 is 0 Å². The maximum absolute atomic E-state index is 11.8. The van der Waals surface area contributed by atoms with Gasteiger partial charge in [0, 0.05) is 13.0 Å². The average molecular weight is 369 g/mol. The van der Waals surface area contributed by atoms with Crippen molar-refractivity contribution in [2.75, 3.05) is 33.9 Å². The van der Waals surface area contributed by atoms with Crippen LogP contribution in [-0.4, -0.2) is 44.7 Å². The van der Waals surface area contributed by atoms with Gasteiger partial charge in [0.25, 0.3) is 0 Å². The Morgan fingerprint density at radius 2 is 1.78 bits per heavy atom. The molecule has 1 unspecified atom stereocenters. The normalized spacial score (nSPS) is 15.3. The molecule has 5 heteroatoms. The fraction of sp³-hybridized carbons (Fsp3) is 0.409. The van der Waals surface area contributed by atoms with Gasteiger partial charge in [-0.3, -0.25) is 0 Å². The topological polar surface area (TPSA) is 48.0 Å². The molecule has 5 nitrogen and oxygen atoms in total. The van der Waals surface area contributed by atoms with Gasteiger partial charge in [0.15, 0.2) is 11.5 Å². The zero-order chi connectivity index (χ0) is 19.1. The Morgan fingerprint density at radius 3 is 2.44 bits per heavy atom. The van der Waals surface area contributed by atoms with Crippen LogP contribution in [0.4, 0.5) is 0 Å². The van der Waals surface area contributed by atoms with Crippen LogP contribution in [0.15, 0.2) is 48.5 Å². The summed E-state index contributed by atoms with van der Waals surface area (Å²) in [6, 6.07) is 15.4. The molecule has 27 heavy (non-hydrogen) atoms. The minimum atomic E-state index is -0.395. The van der Waals surface area contributed by atoms with Crippen molar-refractivity contribution in [3.8, 4) is 11.5 Å². The predicted octanol–water partition coefficient (Wildman–Crippen LogP) is 4.09. The minimum Gasteiger partial charge on any atom is -0.493 e. The summed E-state index contributed by atoms with van der Waals surface area (Å²) in [7, 11) is 2.94. The highest BCUT2D eigenvalue weighted by Crippen LogP contribution is 2.34. The zero-order valence-electron chi connectivity index (χ0n) is 16.0. The van der Waals surface area contributed by atoms with E-state index >= 15 is 0 Å². The second-order valence-electron chi connectivity index (χ2n) is 6.71. The lowest BCUT2D eigenvalue weighted by Crippen LogP contribution is -2.23. The van der Waals surface area contributed by atoms with E-state index in [1.165, 1.54) is 33.0 Å². The summed E-state index contributed by atoms with van der Waals surface area (Å²) >= 11 is 0. The monoisotopic (exact) mass is 369 g/mol. The Hall–Kier alpha value is -2.53. The molecule has 3 rings (SSSR count). The molecule has 1 aliphatic rings. The molecule has 0 aliphatic carbocycles. The minimum absolute atomic E-state index is 0.0790. The number of rotatable bonds is 8.